The monoisotopic (exact) mass is 280 g/mol. The van der Waals surface area contributed by atoms with Gasteiger partial charge in [-0.1, -0.05) is 26.8 Å². The first-order valence-electron chi connectivity index (χ1n) is 7.42. The highest BCUT2D eigenvalue weighted by atomic mass is 19.1. The predicted octanol–water partition coefficient (Wildman–Crippen LogP) is 2.53. The van der Waals surface area contributed by atoms with E-state index in [9.17, 15) is 9.50 Å². The average Bonchev–Trinajstić information content (AvgIpc) is 2.77. The second-order valence-corrected chi connectivity index (χ2v) is 6.03. The van der Waals surface area contributed by atoms with Gasteiger partial charge in [0.2, 0.25) is 0 Å². The first-order chi connectivity index (χ1) is 9.52. The minimum Gasteiger partial charge on any atom is -0.394 e. The number of hydrogen-bond acceptors (Lipinski definition) is 3. The Morgan fingerprint density at radius 3 is 2.80 bits per heavy atom. The highest BCUT2D eigenvalue weighted by molar-refractivity contribution is 5.51. The predicted molar refractivity (Wildman–Crippen MR) is 80.4 cm³/mol. The fourth-order valence-electron chi connectivity index (χ4n) is 2.80. The molecular weight excluding hydrogens is 255 g/mol. The fraction of sp³-hybridized carbons (Fsp3) is 0.625. The number of nitrogens with one attached hydrogen (secondary N) is 1. The van der Waals surface area contributed by atoms with E-state index in [4.69, 9.17) is 0 Å². The molecule has 0 aliphatic carbocycles. The zero-order chi connectivity index (χ0) is 14.7. The van der Waals surface area contributed by atoms with Crippen LogP contribution in [0.15, 0.2) is 18.2 Å². The molecule has 0 bridgehead atoms. The topological polar surface area (TPSA) is 35.5 Å². The van der Waals surface area contributed by atoms with Gasteiger partial charge in [0.1, 0.15) is 5.82 Å². The van der Waals surface area contributed by atoms with Gasteiger partial charge in [-0.3, -0.25) is 0 Å². The van der Waals surface area contributed by atoms with Crippen molar-refractivity contribution < 1.29 is 9.50 Å². The molecule has 1 aliphatic heterocycles. The number of hydrogen-bond donors (Lipinski definition) is 2. The Balaban J connectivity index is 2.13. The first-order valence-corrected chi connectivity index (χ1v) is 7.42. The molecule has 3 nitrogen and oxygen atoms in total. The minimum atomic E-state index is -0.194. The van der Waals surface area contributed by atoms with E-state index in [1.165, 1.54) is 0 Å². The van der Waals surface area contributed by atoms with E-state index in [1.807, 2.05) is 17.0 Å². The number of benzene rings is 1. The molecule has 4 heteroatoms. The third-order valence-electron chi connectivity index (χ3n) is 4.11. The molecule has 20 heavy (non-hydrogen) atoms. The number of nitrogens with zero attached hydrogens (tertiary/aromatic N) is 1. The van der Waals surface area contributed by atoms with Crippen LogP contribution < -0.4 is 10.2 Å². The van der Waals surface area contributed by atoms with Crippen molar-refractivity contribution in [1.82, 2.24) is 5.32 Å². The summed E-state index contributed by atoms with van der Waals surface area (Å²) in [5.74, 6) is 0.210. The molecule has 1 heterocycles. The molecule has 0 aromatic heterocycles. The Bertz CT molecular complexity index is 450. The van der Waals surface area contributed by atoms with Gasteiger partial charge in [-0.15, -0.1) is 0 Å². The summed E-state index contributed by atoms with van der Waals surface area (Å²) in [5.41, 5.74) is 1.56. The quantitative estimate of drug-likeness (QED) is 0.870. The van der Waals surface area contributed by atoms with E-state index in [1.54, 1.807) is 6.07 Å². The maximum Gasteiger partial charge on any atom is 0.146 e. The van der Waals surface area contributed by atoms with Gasteiger partial charge in [-0.2, -0.15) is 0 Å². The van der Waals surface area contributed by atoms with Crippen molar-refractivity contribution in [3.05, 3.63) is 29.6 Å². The van der Waals surface area contributed by atoms with Crippen molar-refractivity contribution in [2.45, 2.75) is 45.8 Å². The smallest absolute Gasteiger partial charge is 0.146 e. The lowest BCUT2D eigenvalue weighted by Gasteiger charge is -2.27. The zero-order valence-electron chi connectivity index (χ0n) is 12.6. The Morgan fingerprint density at radius 2 is 2.20 bits per heavy atom. The molecule has 0 spiro atoms. The molecule has 1 aromatic rings. The standard InChI is InChI=1S/C16H25FN2O/c1-11(2)18-9-13-4-5-15(14(17)8-13)19-7-6-12(3)16(19)10-20/h4-5,8,11-12,16,18,20H,6-7,9-10H2,1-3H3. The van der Waals surface area contributed by atoms with Crippen molar-refractivity contribution in [3.8, 4) is 0 Å². The summed E-state index contributed by atoms with van der Waals surface area (Å²) in [7, 11) is 0. The van der Waals surface area contributed by atoms with Crippen molar-refractivity contribution in [2.75, 3.05) is 18.1 Å². The van der Waals surface area contributed by atoms with Crippen LogP contribution in [0.25, 0.3) is 0 Å². The molecule has 1 saturated heterocycles. The van der Waals surface area contributed by atoms with E-state index < -0.39 is 0 Å². The Labute approximate surface area is 120 Å². The van der Waals surface area contributed by atoms with Crippen LogP contribution in [0.3, 0.4) is 0 Å². The van der Waals surface area contributed by atoms with Crippen molar-refractivity contribution in [3.63, 3.8) is 0 Å². The summed E-state index contributed by atoms with van der Waals surface area (Å²) in [6, 6.07) is 5.82. The van der Waals surface area contributed by atoms with Crippen LogP contribution in [0.1, 0.15) is 32.8 Å². The van der Waals surface area contributed by atoms with Crippen molar-refractivity contribution in [2.24, 2.45) is 5.92 Å². The third-order valence-corrected chi connectivity index (χ3v) is 4.11. The number of aliphatic hydroxyl groups excluding tert-OH is 1. The van der Waals surface area contributed by atoms with Crippen LogP contribution in [0.2, 0.25) is 0 Å². The molecule has 2 atom stereocenters. The Morgan fingerprint density at radius 1 is 1.45 bits per heavy atom. The maximum atomic E-state index is 14.3. The maximum absolute atomic E-state index is 14.3. The van der Waals surface area contributed by atoms with E-state index in [-0.39, 0.29) is 18.5 Å². The van der Waals surface area contributed by atoms with E-state index in [0.29, 0.717) is 24.2 Å². The Kier molecular flexibility index (Phi) is 5.00. The summed E-state index contributed by atoms with van der Waals surface area (Å²) >= 11 is 0. The SMILES string of the molecule is CC(C)NCc1ccc(N2CCC(C)C2CO)c(F)c1. The molecule has 0 radical (unpaired) electrons. The minimum absolute atomic E-state index is 0.0316. The lowest BCUT2D eigenvalue weighted by atomic mass is 10.0. The normalized spacial score (nSPS) is 22.8. The Hall–Kier alpha value is -1.13. The molecule has 2 unspecified atom stereocenters. The second kappa shape index (κ2) is 6.55. The number of aliphatic hydroxyl groups is 1. The van der Waals surface area contributed by atoms with Crippen LogP contribution in [0, 0.1) is 11.7 Å². The van der Waals surface area contributed by atoms with Crippen LogP contribution in [0.5, 0.6) is 0 Å². The lowest BCUT2D eigenvalue weighted by Crippen LogP contribution is -2.35. The van der Waals surface area contributed by atoms with Gasteiger partial charge in [0.15, 0.2) is 0 Å². The van der Waals surface area contributed by atoms with E-state index in [2.05, 4.69) is 26.1 Å². The van der Waals surface area contributed by atoms with Crippen LogP contribution in [0.4, 0.5) is 10.1 Å². The van der Waals surface area contributed by atoms with Gasteiger partial charge in [-0.25, -0.2) is 4.39 Å². The van der Waals surface area contributed by atoms with Gasteiger partial charge < -0.3 is 15.3 Å². The summed E-state index contributed by atoms with van der Waals surface area (Å²) in [6.45, 7) is 7.82. The molecule has 2 rings (SSSR count). The molecule has 0 amide bonds. The third kappa shape index (κ3) is 3.30. The molecular formula is C16H25FN2O. The largest absolute Gasteiger partial charge is 0.394 e. The molecule has 1 aromatic carbocycles. The van der Waals surface area contributed by atoms with Crippen molar-refractivity contribution >= 4 is 5.69 Å². The first kappa shape index (κ1) is 15.3. The molecule has 1 aliphatic rings. The van der Waals surface area contributed by atoms with Gasteiger partial charge in [0.05, 0.1) is 18.3 Å². The van der Waals surface area contributed by atoms with Gasteiger partial charge in [0.25, 0.3) is 0 Å². The highest BCUT2D eigenvalue weighted by Crippen LogP contribution is 2.31. The summed E-state index contributed by atoms with van der Waals surface area (Å²) in [5, 5.41) is 12.8. The van der Waals surface area contributed by atoms with Crippen LogP contribution in [-0.2, 0) is 6.54 Å². The molecule has 112 valence electrons. The molecule has 2 N–H and O–H groups in total. The van der Waals surface area contributed by atoms with Crippen LogP contribution in [-0.4, -0.2) is 30.3 Å². The number of rotatable bonds is 5. The average molecular weight is 280 g/mol. The summed E-state index contributed by atoms with van der Waals surface area (Å²) < 4.78 is 14.3. The van der Waals surface area contributed by atoms with Gasteiger partial charge in [-0.05, 0) is 30.0 Å². The number of anilines is 1. The van der Waals surface area contributed by atoms with E-state index >= 15 is 0 Å². The summed E-state index contributed by atoms with van der Waals surface area (Å²) in [6.07, 6.45) is 1.00. The molecule has 0 saturated carbocycles. The highest BCUT2D eigenvalue weighted by Gasteiger charge is 2.31. The zero-order valence-corrected chi connectivity index (χ0v) is 12.6. The molecule has 1 fully saturated rings. The van der Waals surface area contributed by atoms with Crippen LogP contribution >= 0.6 is 0 Å². The second-order valence-electron chi connectivity index (χ2n) is 6.03. The van der Waals surface area contributed by atoms with Gasteiger partial charge >= 0.3 is 0 Å². The van der Waals surface area contributed by atoms with Gasteiger partial charge in [0, 0.05) is 19.1 Å². The number of halogens is 1. The fourth-order valence-corrected chi connectivity index (χ4v) is 2.80. The van der Waals surface area contributed by atoms with E-state index in [0.717, 1.165) is 18.5 Å². The lowest BCUT2D eigenvalue weighted by molar-refractivity contribution is 0.244. The van der Waals surface area contributed by atoms with Crippen molar-refractivity contribution in [1.29, 1.82) is 0 Å². The summed E-state index contributed by atoms with van der Waals surface area (Å²) in [4.78, 5) is 2.00.